The number of aromatic nitrogens is 4. The van der Waals surface area contributed by atoms with Crippen molar-refractivity contribution in [3.8, 4) is 17.5 Å². The molecule has 98 valence electrons. The largest absolute Gasteiger partial charge is 0.345 e. The molecular weight excluding hydrogens is 250 g/mol. The average Bonchev–Trinajstić information content (AvgIpc) is 3.10. The van der Waals surface area contributed by atoms with Gasteiger partial charge in [-0.1, -0.05) is 0 Å². The third kappa shape index (κ3) is 1.55. The maximum absolute atomic E-state index is 9.25. The zero-order chi connectivity index (χ0) is 13.5. The van der Waals surface area contributed by atoms with Crippen molar-refractivity contribution in [2.24, 2.45) is 0 Å². The Kier molecular flexibility index (Phi) is 2.36. The molecule has 4 rings (SSSR count). The van der Waals surface area contributed by atoms with E-state index >= 15 is 0 Å². The van der Waals surface area contributed by atoms with E-state index in [1.165, 1.54) is 0 Å². The van der Waals surface area contributed by atoms with Crippen molar-refractivity contribution < 1.29 is 0 Å². The van der Waals surface area contributed by atoms with Gasteiger partial charge in [0.2, 0.25) is 0 Å². The molecule has 0 radical (unpaired) electrons. The maximum Gasteiger partial charge on any atom is 0.162 e. The first-order valence-electron chi connectivity index (χ1n) is 6.80. The predicted molar refractivity (Wildman–Crippen MR) is 75.0 cm³/mol. The lowest BCUT2D eigenvalue weighted by molar-refractivity contribution is 0.535. The van der Waals surface area contributed by atoms with Crippen LogP contribution in [0.3, 0.4) is 0 Å². The Morgan fingerprint density at radius 3 is 3.15 bits per heavy atom. The summed E-state index contributed by atoms with van der Waals surface area (Å²) in [4.78, 5) is 11.9. The van der Waals surface area contributed by atoms with Crippen LogP contribution in [0.15, 0.2) is 24.5 Å². The Hall–Kier alpha value is -2.61. The number of imidazole rings is 2. The lowest BCUT2D eigenvalue weighted by atomic mass is 10.1. The fourth-order valence-electron chi connectivity index (χ4n) is 2.93. The average molecular weight is 263 g/mol. The standard InChI is InChI=1S/C15H13N5/c16-8-13-14-3-1-2-6-20(14)15(19-13)10-4-5-11-12(7-10)18-9-17-11/h4-5,7,9H,1-3,6H2,(H,17,18). The van der Waals surface area contributed by atoms with Crippen LogP contribution in [0.25, 0.3) is 22.4 Å². The van der Waals surface area contributed by atoms with Gasteiger partial charge in [0.25, 0.3) is 0 Å². The zero-order valence-corrected chi connectivity index (χ0v) is 10.9. The highest BCUT2D eigenvalue weighted by Gasteiger charge is 2.20. The summed E-state index contributed by atoms with van der Waals surface area (Å²) in [5.41, 5.74) is 4.63. The highest BCUT2D eigenvalue weighted by molar-refractivity contribution is 5.80. The van der Waals surface area contributed by atoms with E-state index in [-0.39, 0.29) is 0 Å². The van der Waals surface area contributed by atoms with Crippen molar-refractivity contribution in [3.05, 3.63) is 35.9 Å². The molecule has 0 bridgehead atoms. The normalized spacial score (nSPS) is 14.2. The third-order valence-corrected chi connectivity index (χ3v) is 3.90. The van der Waals surface area contributed by atoms with Gasteiger partial charge in [-0.15, -0.1) is 0 Å². The molecule has 1 aliphatic rings. The molecule has 1 aromatic carbocycles. The number of hydrogen-bond acceptors (Lipinski definition) is 3. The molecule has 0 saturated heterocycles. The number of fused-ring (bicyclic) bond motifs is 2. The van der Waals surface area contributed by atoms with E-state index in [0.717, 1.165) is 53.9 Å². The van der Waals surface area contributed by atoms with Crippen molar-refractivity contribution in [1.82, 2.24) is 19.5 Å². The van der Waals surface area contributed by atoms with Crippen LogP contribution in [0, 0.1) is 11.3 Å². The van der Waals surface area contributed by atoms with Gasteiger partial charge in [-0.25, -0.2) is 9.97 Å². The Labute approximate surface area is 115 Å². The van der Waals surface area contributed by atoms with E-state index in [4.69, 9.17) is 0 Å². The molecule has 1 aliphatic heterocycles. The van der Waals surface area contributed by atoms with Gasteiger partial charge >= 0.3 is 0 Å². The van der Waals surface area contributed by atoms with E-state index in [1.54, 1.807) is 6.33 Å². The number of hydrogen-bond donors (Lipinski definition) is 1. The van der Waals surface area contributed by atoms with Gasteiger partial charge in [0, 0.05) is 12.1 Å². The highest BCUT2D eigenvalue weighted by Crippen LogP contribution is 2.28. The Balaban J connectivity index is 1.93. The summed E-state index contributed by atoms with van der Waals surface area (Å²) in [5, 5.41) is 9.25. The molecule has 0 aliphatic carbocycles. The SMILES string of the molecule is N#Cc1nc(-c2ccc3nc[nH]c3c2)n2c1CCCC2. The molecule has 0 spiro atoms. The quantitative estimate of drug-likeness (QED) is 0.733. The number of nitrogens with zero attached hydrogens (tertiary/aromatic N) is 4. The van der Waals surface area contributed by atoms with E-state index < -0.39 is 0 Å². The van der Waals surface area contributed by atoms with Crippen LogP contribution in [-0.4, -0.2) is 19.5 Å². The van der Waals surface area contributed by atoms with Crippen LogP contribution in [-0.2, 0) is 13.0 Å². The number of rotatable bonds is 1. The molecule has 0 saturated carbocycles. The Morgan fingerprint density at radius 2 is 2.25 bits per heavy atom. The molecule has 3 aromatic rings. The van der Waals surface area contributed by atoms with Gasteiger partial charge < -0.3 is 9.55 Å². The Bertz CT molecular complexity index is 834. The van der Waals surface area contributed by atoms with Crippen molar-refractivity contribution in [3.63, 3.8) is 0 Å². The fraction of sp³-hybridized carbons (Fsp3) is 0.267. The molecule has 3 heterocycles. The second-order valence-corrected chi connectivity index (χ2v) is 5.09. The summed E-state index contributed by atoms with van der Waals surface area (Å²) in [7, 11) is 0. The monoisotopic (exact) mass is 263 g/mol. The lowest BCUT2D eigenvalue weighted by Crippen LogP contribution is -2.11. The molecular formula is C15H13N5. The maximum atomic E-state index is 9.25. The number of aromatic amines is 1. The summed E-state index contributed by atoms with van der Waals surface area (Å²) >= 11 is 0. The lowest BCUT2D eigenvalue weighted by Gasteiger charge is -2.16. The first kappa shape index (κ1) is 11.2. The first-order chi connectivity index (χ1) is 9.86. The molecule has 0 atom stereocenters. The minimum Gasteiger partial charge on any atom is -0.345 e. The van der Waals surface area contributed by atoms with Crippen LogP contribution in [0.2, 0.25) is 0 Å². The summed E-state index contributed by atoms with van der Waals surface area (Å²) in [5.74, 6) is 0.896. The van der Waals surface area contributed by atoms with Gasteiger partial charge in [0.05, 0.1) is 23.1 Å². The van der Waals surface area contributed by atoms with Gasteiger partial charge in [0.15, 0.2) is 5.69 Å². The topological polar surface area (TPSA) is 70.3 Å². The van der Waals surface area contributed by atoms with Crippen LogP contribution in [0.4, 0.5) is 0 Å². The summed E-state index contributed by atoms with van der Waals surface area (Å²) < 4.78 is 2.19. The molecule has 5 nitrogen and oxygen atoms in total. The Morgan fingerprint density at radius 1 is 1.30 bits per heavy atom. The highest BCUT2D eigenvalue weighted by atomic mass is 15.1. The number of nitriles is 1. The van der Waals surface area contributed by atoms with Crippen molar-refractivity contribution >= 4 is 11.0 Å². The summed E-state index contributed by atoms with van der Waals surface area (Å²) in [6, 6.07) is 8.28. The summed E-state index contributed by atoms with van der Waals surface area (Å²) in [6.45, 7) is 0.945. The minimum atomic E-state index is 0.574. The number of H-pyrrole nitrogens is 1. The van der Waals surface area contributed by atoms with E-state index in [9.17, 15) is 5.26 Å². The molecule has 0 unspecified atom stereocenters. The van der Waals surface area contributed by atoms with Crippen LogP contribution in [0.5, 0.6) is 0 Å². The molecule has 0 amide bonds. The van der Waals surface area contributed by atoms with Crippen LogP contribution >= 0.6 is 0 Å². The second-order valence-electron chi connectivity index (χ2n) is 5.09. The van der Waals surface area contributed by atoms with Crippen LogP contribution < -0.4 is 0 Å². The third-order valence-electron chi connectivity index (χ3n) is 3.90. The molecule has 0 fully saturated rings. The van der Waals surface area contributed by atoms with Gasteiger partial charge in [0.1, 0.15) is 11.9 Å². The fourth-order valence-corrected chi connectivity index (χ4v) is 2.93. The van der Waals surface area contributed by atoms with E-state index in [1.807, 2.05) is 18.2 Å². The predicted octanol–water partition coefficient (Wildman–Crippen LogP) is 2.63. The molecule has 20 heavy (non-hydrogen) atoms. The van der Waals surface area contributed by atoms with Gasteiger partial charge in [-0.05, 0) is 37.5 Å². The van der Waals surface area contributed by atoms with Crippen molar-refractivity contribution in [1.29, 1.82) is 5.26 Å². The second kappa shape index (κ2) is 4.20. The first-order valence-corrected chi connectivity index (χ1v) is 6.80. The van der Waals surface area contributed by atoms with Crippen molar-refractivity contribution in [2.75, 3.05) is 0 Å². The van der Waals surface area contributed by atoms with Gasteiger partial charge in [-0.3, -0.25) is 0 Å². The number of nitrogens with one attached hydrogen (secondary N) is 1. The molecule has 5 heteroatoms. The molecule has 1 N–H and O–H groups in total. The van der Waals surface area contributed by atoms with E-state index in [0.29, 0.717) is 5.69 Å². The van der Waals surface area contributed by atoms with Gasteiger partial charge in [-0.2, -0.15) is 5.26 Å². The van der Waals surface area contributed by atoms with Crippen molar-refractivity contribution in [2.45, 2.75) is 25.8 Å². The smallest absolute Gasteiger partial charge is 0.162 e. The summed E-state index contributed by atoms with van der Waals surface area (Å²) in [6.07, 6.45) is 4.92. The molecule has 2 aromatic heterocycles. The zero-order valence-electron chi connectivity index (χ0n) is 10.9. The minimum absolute atomic E-state index is 0.574. The number of benzene rings is 1. The van der Waals surface area contributed by atoms with Crippen LogP contribution in [0.1, 0.15) is 24.2 Å². The van der Waals surface area contributed by atoms with E-state index in [2.05, 4.69) is 25.6 Å².